The van der Waals surface area contributed by atoms with Gasteiger partial charge in [-0.15, -0.1) is 0 Å². The zero-order valence-corrected chi connectivity index (χ0v) is 14.4. The van der Waals surface area contributed by atoms with Gasteiger partial charge in [0.15, 0.2) is 5.71 Å². The summed E-state index contributed by atoms with van der Waals surface area (Å²) in [5.74, 6) is 0. The van der Waals surface area contributed by atoms with Gasteiger partial charge >= 0.3 is 0 Å². The molecule has 0 fully saturated rings. The lowest BCUT2D eigenvalue weighted by atomic mass is 9.92. The van der Waals surface area contributed by atoms with E-state index in [9.17, 15) is 0 Å². The quantitative estimate of drug-likeness (QED) is 0.520. The molecule has 0 unspecified atom stereocenters. The Morgan fingerprint density at radius 1 is 0.696 bits per heavy atom. The van der Waals surface area contributed by atoms with E-state index in [4.69, 9.17) is 0 Å². The van der Waals surface area contributed by atoms with Crippen LogP contribution < -0.4 is 0 Å². The molecule has 1 heterocycles. The highest BCUT2D eigenvalue weighted by Gasteiger charge is 2.36. The van der Waals surface area contributed by atoms with Crippen molar-refractivity contribution in [3.05, 3.63) is 57.7 Å². The molecule has 3 aliphatic rings. The van der Waals surface area contributed by atoms with E-state index in [0.29, 0.717) is 0 Å². The maximum absolute atomic E-state index is 2.42. The van der Waals surface area contributed by atoms with E-state index in [0.717, 1.165) is 19.3 Å². The van der Waals surface area contributed by atoms with Gasteiger partial charge in [-0.1, -0.05) is 29.8 Å². The fourth-order valence-electron chi connectivity index (χ4n) is 4.75. The molecule has 114 valence electrons. The first kappa shape index (κ1) is 13.3. The highest BCUT2D eigenvalue weighted by atomic mass is 15.0. The molecule has 2 aliphatic carbocycles. The van der Waals surface area contributed by atoms with Crippen LogP contribution in [-0.4, -0.2) is 17.3 Å². The van der Waals surface area contributed by atoms with Crippen molar-refractivity contribution in [2.75, 3.05) is 7.05 Å². The van der Waals surface area contributed by atoms with E-state index in [-0.39, 0.29) is 0 Å². The minimum absolute atomic E-state index is 1.09. The van der Waals surface area contributed by atoms with E-state index in [1.165, 1.54) is 61.5 Å². The Morgan fingerprint density at radius 2 is 1.30 bits per heavy atom. The highest BCUT2D eigenvalue weighted by molar-refractivity contribution is 5.98. The van der Waals surface area contributed by atoms with Crippen LogP contribution in [0.15, 0.2) is 29.8 Å². The standard InChI is InChI=1S/C22H22N/c1-12-9-15-5-6-16-11-17-7-8-18-10-13(2)23(4)22(18)21(17)20(16)19(15)14(12)3/h5-8H,9-11H2,1-4H3/q+1. The smallest absolute Gasteiger partial charge is 0.202 e. The first-order valence-corrected chi connectivity index (χ1v) is 8.59. The summed E-state index contributed by atoms with van der Waals surface area (Å²) >= 11 is 0. The lowest BCUT2D eigenvalue weighted by molar-refractivity contribution is -0.401. The van der Waals surface area contributed by atoms with E-state index in [1.807, 2.05) is 0 Å². The van der Waals surface area contributed by atoms with Crippen LogP contribution >= 0.6 is 0 Å². The third-order valence-electron chi connectivity index (χ3n) is 6.18. The fourth-order valence-corrected chi connectivity index (χ4v) is 4.75. The van der Waals surface area contributed by atoms with Gasteiger partial charge < -0.3 is 0 Å². The number of nitrogens with zero attached hydrogens (tertiary/aromatic N) is 1. The molecule has 0 amide bonds. The molecule has 1 heteroatoms. The Hall–Kier alpha value is -2.15. The Kier molecular flexibility index (Phi) is 2.44. The topological polar surface area (TPSA) is 3.01 Å². The number of hydrogen-bond donors (Lipinski definition) is 0. The van der Waals surface area contributed by atoms with Gasteiger partial charge in [-0.25, -0.2) is 4.58 Å². The summed E-state index contributed by atoms with van der Waals surface area (Å²) < 4.78 is 2.42. The number of fused-ring (bicyclic) bond motifs is 7. The number of allylic oxidation sites excluding steroid dienone is 2. The number of hydrogen-bond acceptors (Lipinski definition) is 0. The minimum atomic E-state index is 1.09. The van der Waals surface area contributed by atoms with Crippen molar-refractivity contribution >= 4 is 17.0 Å². The second-order valence-corrected chi connectivity index (χ2v) is 7.47. The average Bonchev–Trinajstić information content (AvgIpc) is 3.13. The molecule has 0 spiro atoms. The first-order valence-electron chi connectivity index (χ1n) is 8.59. The molecule has 2 aromatic carbocycles. The van der Waals surface area contributed by atoms with Crippen molar-refractivity contribution in [2.45, 2.75) is 40.0 Å². The maximum Gasteiger partial charge on any atom is 0.216 e. The zero-order chi connectivity index (χ0) is 15.9. The highest BCUT2D eigenvalue weighted by Crippen LogP contribution is 2.51. The molecular weight excluding hydrogens is 278 g/mol. The van der Waals surface area contributed by atoms with Gasteiger partial charge in [0.1, 0.15) is 7.05 Å². The second kappa shape index (κ2) is 4.23. The molecule has 0 bridgehead atoms. The molecule has 1 aliphatic heterocycles. The van der Waals surface area contributed by atoms with Gasteiger partial charge in [0.25, 0.3) is 0 Å². The third kappa shape index (κ3) is 1.55. The fraction of sp³-hybridized carbons (Fsp3) is 0.318. The largest absolute Gasteiger partial charge is 0.216 e. The Labute approximate surface area is 138 Å². The number of benzene rings is 2. The Balaban J connectivity index is 1.90. The zero-order valence-electron chi connectivity index (χ0n) is 14.4. The van der Waals surface area contributed by atoms with E-state index >= 15 is 0 Å². The molecule has 0 N–H and O–H groups in total. The molecule has 0 radical (unpaired) electrons. The van der Waals surface area contributed by atoms with Crippen LogP contribution in [0.5, 0.6) is 0 Å². The van der Waals surface area contributed by atoms with Crippen LogP contribution in [0, 0.1) is 0 Å². The molecule has 1 nitrogen and oxygen atoms in total. The summed E-state index contributed by atoms with van der Waals surface area (Å²) in [5, 5.41) is 0. The van der Waals surface area contributed by atoms with Gasteiger partial charge in [-0.2, -0.15) is 0 Å². The molecule has 23 heavy (non-hydrogen) atoms. The van der Waals surface area contributed by atoms with Crippen molar-refractivity contribution in [1.29, 1.82) is 0 Å². The number of rotatable bonds is 0. The predicted octanol–water partition coefficient (Wildman–Crippen LogP) is 4.90. The van der Waals surface area contributed by atoms with Crippen molar-refractivity contribution in [1.82, 2.24) is 0 Å². The molecule has 0 aromatic heterocycles. The van der Waals surface area contributed by atoms with Crippen molar-refractivity contribution in [3.63, 3.8) is 0 Å². The van der Waals surface area contributed by atoms with Gasteiger partial charge in [0.2, 0.25) is 5.69 Å². The van der Waals surface area contributed by atoms with E-state index < -0.39 is 0 Å². The van der Waals surface area contributed by atoms with Gasteiger partial charge in [-0.05, 0) is 60.1 Å². The van der Waals surface area contributed by atoms with E-state index in [2.05, 4.69) is 56.7 Å². The van der Waals surface area contributed by atoms with Gasteiger partial charge in [0, 0.05) is 12.5 Å². The summed E-state index contributed by atoms with van der Waals surface area (Å²) in [6.45, 7) is 6.85. The van der Waals surface area contributed by atoms with E-state index in [1.54, 1.807) is 0 Å². The molecule has 5 rings (SSSR count). The molecule has 2 aromatic rings. The summed E-state index contributed by atoms with van der Waals surface area (Å²) in [6.07, 6.45) is 3.31. The van der Waals surface area contributed by atoms with Crippen LogP contribution in [0.25, 0.3) is 16.7 Å². The van der Waals surface area contributed by atoms with Crippen LogP contribution in [0.2, 0.25) is 0 Å². The SMILES string of the molecule is CC1=C(C)c2c(ccc3c2-c2c(ccc4c2[N+](C)=C(C)C4)C3)C1. The van der Waals surface area contributed by atoms with Crippen molar-refractivity contribution in [3.8, 4) is 11.1 Å². The van der Waals surface area contributed by atoms with Crippen molar-refractivity contribution < 1.29 is 4.58 Å². The summed E-state index contributed by atoms with van der Waals surface area (Å²) in [7, 11) is 2.23. The normalized spacial score (nSPS) is 17.6. The first-order chi connectivity index (χ1) is 11.1. The third-order valence-corrected chi connectivity index (χ3v) is 6.18. The second-order valence-electron chi connectivity index (χ2n) is 7.47. The van der Waals surface area contributed by atoms with Gasteiger partial charge in [-0.3, -0.25) is 0 Å². The van der Waals surface area contributed by atoms with Crippen LogP contribution in [0.3, 0.4) is 0 Å². The van der Waals surface area contributed by atoms with Crippen LogP contribution in [0.1, 0.15) is 48.6 Å². The van der Waals surface area contributed by atoms with Crippen LogP contribution in [0.4, 0.5) is 5.69 Å². The summed E-state index contributed by atoms with van der Waals surface area (Å²) in [4.78, 5) is 0. The Bertz CT molecular complexity index is 890. The van der Waals surface area contributed by atoms with Crippen LogP contribution in [-0.2, 0) is 19.3 Å². The maximum atomic E-state index is 2.42. The predicted molar refractivity (Wildman–Crippen MR) is 96.9 cm³/mol. The molecule has 0 saturated carbocycles. The Morgan fingerprint density at radius 3 is 2.04 bits per heavy atom. The van der Waals surface area contributed by atoms with Gasteiger partial charge in [0.05, 0.1) is 12.0 Å². The molecule has 0 atom stereocenters. The average molecular weight is 300 g/mol. The monoisotopic (exact) mass is 300 g/mol. The summed E-state index contributed by atoms with van der Waals surface area (Å²) in [6, 6.07) is 9.45. The van der Waals surface area contributed by atoms with Crippen molar-refractivity contribution in [2.24, 2.45) is 0 Å². The summed E-state index contributed by atoms with van der Waals surface area (Å²) in [5.41, 5.74) is 16.6. The molecular formula is C22H22N+. The minimum Gasteiger partial charge on any atom is -0.202 e. The molecule has 0 saturated heterocycles. The lowest BCUT2D eigenvalue weighted by Crippen LogP contribution is -2.03. The lowest BCUT2D eigenvalue weighted by Gasteiger charge is -2.12.